The molecule has 0 saturated heterocycles. The number of allylic oxidation sites excluding steroid dienone is 1. The minimum Gasteiger partial charge on any atom is -0.372 e. The van der Waals surface area contributed by atoms with Gasteiger partial charge in [0.2, 0.25) is 0 Å². The molecular weight excluding hydrogens is 243 g/mol. The zero-order valence-electron chi connectivity index (χ0n) is 11.5. The third-order valence-electron chi connectivity index (χ3n) is 3.36. The van der Waals surface area contributed by atoms with E-state index in [2.05, 4.69) is 0 Å². The lowest BCUT2D eigenvalue weighted by atomic mass is 9.76. The van der Waals surface area contributed by atoms with E-state index in [0.717, 1.165) is 0 Å². The zero-order valence-corrected chi connectivity index (χ0v) is 11.5. The van der Waals surface area contributed by atoms with Gasteiger partial charge in [0.15, 0.2) is 0 Å². The van der Waals surface area contributed by atoms with Gasteiger partial charge in [-0.1, -0.05) is 13.8 Å². The molecule has 0 aromatic rings. The predicted molar refractivity (Wildman–Crippen MR) is 64.0 cm³/mol. The van der Waals surface area contributed by atoms with E-state index in [0.29, 0.717) is 13.0 Å². The SMILES string of the molecule is CC1(C)CCN(C(C)(C)C)C=C1C(=O)C(F)(F)F. The maximum absolute atomic E-state index is 12.6. The van der Waals surface area contributed by atoms with Gasteiger partial charge >= 0.3 is 6.18 Å². The van der Waals surface area contributed by atoms with Gasteiger partial charge in [-0.15, -0.1) is 0 Å². The smallest absolute Gasteiger partial charge is 0.372 e. The molecule has 0 bridgehead atoms. The van der Waals surface area contributed by atoms with Crippen LogP contribution in [-0.2, 0) is 4.79 Å². The Morgan fingerprint density at radius 1 is 1.28 bits per heavy atom. The Bertz CT molecular complexity index is 375. The molecule has 1 aliphatic rings. The maximum atomic E-state index is 12.6. The number of halogens is 3. The summed E-state index contributed by atoms with van der Waals surface area (Å²) in [6.45, 7) is 9.77. The van der Waals surface area contributed by atoms with Gasteiger partial charge in [-0.05, 0) is 32.6 Å². The molecule has 5 heteroatoms. The summed E-state index contributed by atoms with van der Waals surface area (Å²) in [7, 11) is 0. The molecule has 0 aliphatic carbocycles. The summed E-state index contributed by atoms with van der Waals surface area (Å²) < 4.78 is 37.8. The van der Waals surface area contributed by atoms with E-state index in [1.54, 1.807) is 18.7 Å². The number of nitrogens with zero attached hydrogens (tertiary/aromatic N) is 1. The summed E-state index contributed by atoms with van der Waals surface area (Å²) in [5.74, 6) is -1.72. The van der Waals surface area contributed by atoms with Gasteiger partial charge in [-0.2, -0.15) is 13.2 Å². The first-order valence-corrected chi connectivity index (χ1v) is 5.96. The van der Waals surface area contributed by atoms with Crippen LogP contribution in [0.3, 0.4) is 0 Å². The summed E-state index contributed by atoms with van der Waals surface area (Å²) in [6, 6.07) is 0. The third kappa shape index (κ3) is 3.06. The molecule has 1 aliphatic heterocycles. The number of hydrogen-bond donors (Lipinski definition) is 0. The molecule has 0 fully saturated rings. The van der Waals surface area contributed by atoms with E-state index in [-0.39, 0.29) is 11.1 Å². The zero-order chi connectivity index (χ0) is 14.4. The van der Waals surface area contributed by atoms with E-state index in [1.165, 1.54) is 6.20 Å². The Labute approximate surface area is 106 Å². The number of rotatable bonds is 1. The Balaban J connectivity index is 3.18. The monoisotopic (exact) mass is 263 g/mol. The van der Waals surface area contributed by atoms with Crippen molar-refractivity contribution in [2.75, 3.05) is 6.54 Å². The van der Waals surface area contributed by atoms with Crippen LogP contribution in [0.5, 0.6) is 0 Å². The molecule has 0 N–H and O–H groups in total. The average molecular weight is 263 g/mol. The van der Waals surface area contributed by atoms with E-state index in [1.807, 2.05) is 20.8 Å². The molecule has 0 unspecified atom stereocenters. The minimum absolute atomic E-state index is 0.142. The largest absolute Gasteiger partial charge is 0.454 e. The van der Waals surface area contributed by atoms with Crippen molar-refractivity contribution in [2.24, 2.45) is 5.41 Å². The van der Waals surface area contributed by atoms with Crippen LogP contribution in [0.1, 0.15) is 41.0 Å². The van der Waals surface area contributed by atoms with Crippen molar-refractivity contribution in [3.05, 3.63) is 11.8 Å². The Kier molecular flexibility index (Phi) is 3.58. The van der Waals surface area contributed by atoms with Crippen LogP contribution in [0.15, 0.2) is 11.8 Å². The normalized spacial score (nSPS) is 20.7. The lowest BCUT2D eigenvalue weighted by Crippen LogP contribution is -2.45. The highest BCUT2D eigenvalue weighted by molar-refractivity contribution is 6.00. The van der Waals surface area contributed by atoms with Crippen LogP contribution < -0.4 is 0 Å². The quantitative estimate of drug-likeness (QED) is 0.721. The number of Topliss-reactive ketones (excluding diaryl/α,β-unsaturated/α-hetero) is 1. The van der Waals surface area contributed by atoms with Crippen LogP contribution in [-0.4, -0.2) is 28.9 Å². The second-order valence-corrected chi connectivity index (χ2v) is 6.37. The highest BCUT2D eigenvalue weighted by atomic mass is 19.4. The van der Waals surface area contributed by atoms with Crippen LogP contribution >= 0.6 is 0 Å². The van der Waals surface area contributed by atoms with Crippen molar-refractivity contribution in [2.45, 2.75) is 52.8 Å². The highest BCUT2D eigenvalue weighted by Gasteiger charge is 2.47. The van der Waals surface area contributed by atoms with Crippen molar-refractivity contribution in [3.8, 4) is 0 Å². The topological polar surface area (TPSA) is 20.3 Å². The molecule has 0 aromatic carbocycles. The molecule has 1 rings (SSSR count). The summed E-state index contributed by atoms with van der Waals surface area (Å²) in [5.41, 5.74) is -1.15. The summed E-state index contributed by atoms with van der Waals surface area (Å²) in [5, 5.41) is 0. The molecule has 0 aromatic heterocycles. The van der Waals surface area contributed by atoms with Gasteiger partial charge in [0.25, 0.3) is 5.78 Å². The third-order valence-corrected chi connectivity index (χ3v) is 3.36. The standard InChI is InChI=1S/C13H20F3NO/c1-11(2,3)17-7-6-12(4,5)9(8-17)10(18)13(14,15)16/h8H,6-7H2,1-5H3. The summed E-state index contributed by atoms with van der Waals surface area (Å²) in [6.07, 6.45) is -2.87. The fourth-order valence-electron chi connectivity index (χ4n) is 1.98. The lowest BCUT2D eigenvalue weighted by Gasteiger charge is -2.43. The second kappa shape index (κ2) is 4.28. The minimum atomic E-state index is -4.80. The van der Waals surface area contributed by atoms with Crippen molar-refractivity contribution in [3.63, 3.8) is 0 Å². The molecular formula is C13H20F3NO. The first-order valence-electron chi connectivity index (χ1n) is 5.96. The maximum Gasteiger partial charge on any atom is 0.454 e. The molecule has 104 valence electrons. The molecule has 0 saturated carbocycles. The van der Waals surface area contributed by atoms with Crippen molar-refractivity contribution in [1.29, 1.82) is 0 Å². The van der Waals surface area contributed by atoms with E-state index < -0.39 is 17.4 Å². The molecule has 0 amide bonds. The number of alkyl halides is 3. The Morgan fingerprint density at radius 2 is 1.78 bits per heavy atom. The Morgan fingerprint density at radius 3 is 2.17 bits per heavy atom. The van der Waals surface area contributed by atoms with Gasteiger partial charge < -0.3 is 4.90 Å². The van der Waals surface area contributed by atoms with Crippen LogP contribution in [0.4, 0.5) is 13.2 Å². The van der Waals surface area contributed by atoms with Gasteiger partial charge in [0.05, 0.1) is 0 Å². The van der Waals surface area contributed by atoms with Crippen LogP contribution in [0.2, 0.25) is 0 Å². The molecule has 2 nitrogen and oxygen atoms in total. The predicted octanol–water partition coefficient (Wildman–Crippen LogP) is 3.53. The van der Waals surface area contributed by atoms with E-state index >= 15 is 0 Å². The summed E-state index contributed by atoms with van der Waals surface area (Å²) in [4.78, 5) is 13.3. The number of ketones is 1. The van der Waals surface area contributed by atoms with E-state index in [4.69, 9.17) is 0 Å². The fraction of sp³-hybridized carbons (Fsp3) is 0.769. The first kappa shape index (κ1) is 15.1. The van der Waals surface area contributed by atoms with Gasteiger partial charge in [0.1, 0.15) is 0 Å². The van der Waals surface area contributed by atoms with Gasteiger partial charge in [-0.3, -0.25) is 4.79 Å². The number of hydrogen-bond acceptors (Lipinski definition) is 2. The fourth-order valence-corrected chi connectivity index (χ4v) is 1.98. The number of carbonyl (C=O) groups is 1. The first-order chi connectivity index (χ1) is 7.86. The molecule has 0 atom stereocenters. The highest BCUT2D eigenvalue weighted by Crippen LogP contribution is 2.40. The average Bonchev–Trinajstić information content (AvgIpc) is 2.12. The van der Waals surface area contributed by atoms with Crippen molar-refractivity contribution < 1.29 is 18.0 Å². The number of carbonyl (C=O) groups excluding carboxylic acids is 1. The van der Waals surface area contributed by atoms with E-state index in [9.17, 15) is 18.0 Å². The van der Waals surface area contributed by atoms with Crippen LogP contribution in [0, 0.1) is 5.41 Å². The van der Waals surface area contributed by atoms with Crippen LogP contribution in [0.25, 0.3) is 0 Å². The van der Waals surface area contributed by atoms with Crippen molar-refractivity contribution in [1.82, 2.24) is 4.90 Å². The molecule has 0 spiro atoms. The van der Waals surface area contributed by atoms with Gasteiger partial charge in [0, 0.05) is 23.9 Å². The summed E-state index contributed by atoms with van der Waals surface area (Å²) >= 11 is 0. The van der Waals surface area contributed by atoms with Crippen molar-refractivity contribution >= 4 is 5.78 Å². The molecule has 0 radical (unpaired) electrons. The molecule has 18 heavy (non-hydrogen) atoms. The van der Waals surface area contributed by atoms with Gasteiger partial charge in [-0.25, -0.2) is 0 Å². The second-order valence-electron chi connectivity index (χ2n) is 6.37. The Hall–Kier alpha value is -1.00. The molecule has 1 heterocycles. The lowest BCUT2D eigenvalue weighted by molar-refractivity contribution is -0.168.